The van der Waals surface area contributed by atoms with Crippen LogP contribution in [-0.2, 0) is 4.79 Å². The summed E-state index contributed by atoms with van der Waals surface area (Å²) in [6.45, 7) is 2.63. The van der Waals surface area contributed by atoms with Gasteiger partial charge in [0.05, 0.1) is 29.9 Å². The zero-order valence-electron chi connectivity index (χ0n) is 22.1. The van der Waals surface area contributed by atoms with Gasteiger partial charge in [0, 0.05) is 25.0 Å². The highest BCUT2D eigenvalue weighted by molar-refractivity contribution is 5.88. The highest BCUT2D eigenvalue weighted by Gasteiger charge is 2.42. The predicted molar refractivity (Wildman–Crippen MR) is 143 cm³/mol. The summed E-state index contributed by atoms with van der Waals surface area (Å²) in [5, 5.41) is 10.9. The van der Waals surface area contributed by atoms with E-state index >= 15 is 4.39 Å². The topological polar surface area (TPSA) is 65.9 Å². The summed E-state index contributed by atoms with van der Waals surface area (Å²) in [6.07, 6.45) is 10.1. The second-order valence-electron chi connectivity index (χ2n) is 11.1. The maximum atomic E-state index is 16.0. The van der Waals surface area contributed by atoms with E-state index in [0.29, 0.717) is 41.8 Å². The summed E-state index contributed by atoms with van der Waals surface area (Å²) < 4.78 is 21.4. The lowest BCUT2D eigenvalue weighted by atomic mass is 9.74. The molecule has 2 aliphatic rings. The third-order valence-electron chi connectivity index (χ3n) is 8.61. The van der Waals surface area contributed by atoms with E-state index in [-0.39, 0.29) is 6.42 Å². The number of aliphatic carboxylic acids is 1. The van der Waals surface area contributed by atoms with Crippen molar-refractivity contribution in [1.82, 2.24) is 9.88 Å². The van der Waals surface area contributed by atoms with Crippen molar-refractivity contribution >= 4 is 22.6 Å². The van der Waals surface area contributed by atoms with Crippen molar-refractivity contribution in [1.29, 1.82) is 0 Å². The molecule has 0 spiro atoms. The highest BCUT2D eigenvalue weighted by Crippen LogP contribution is 2.43. The van der Waals surface area contributed by atoms with E-state index < -0.39 is 17.6 Å². The number of anilines is 1. The molecule has 198 valence electrons. The van der Waals surface area contributed by atoms with E-state index in [4.69, 9.17) is 4.74 Å². The Labute approximate surface area is 214 Å². The van der Waals surface area contributed by atoms with Crippen molar-refractivity contribution in [2.24, 2.45) is 11.3 Å². The Kier molecular flexibility index (Phi) is 8.70. The summed E-state index contributed by atoms with van der Waals surface area (Å²) in [6, 6.07) is 5.49. The third-order valence-corrected chi connectivity index (χ3v) is 8.61. The van der Waals surface area contributed by atoms with Gasteiger partial charge in [-0.05, 0) is 75.9 Å². The average Bonchev–Trinajstić information content (AvgIpc) is 2.90. The van der Waals surface area contributed by atoms with Gasteiger partial charge in [-0.3, -0.25) is 9.78 Å². The minimum absolute atomic E-state index is 0.172. The zero-order valence-corrected chi connectivity index (χ0v) is 22.1. The fourth-order valence-electron chi connectivity index (χ4n) is 6.16. The molecule has 2 fully saturated rings. The van der Waals surface area contributed by atoms with Crippen molar-refractivity contribution in [3.63, 3.8) is 0 Å². The van der Waals surface area contributed by atoms with Crippen molar-refractivity contribution in [3.8, 4) is 5.75 Å². The number of rotatable bonds is 10. The quantitative estimate of drug-likeness (QED) is 0.418. The van der Waals surface area contributed by atoms with Gasteiger partial charge in [-0.2, -0.15) is 0 Å². The molecule has 1 aliphatic carbocycles. The zero-order chi connectivity index (χ0) is 25.7. The summed E-state index contributed by atoms with van der Waals surface area (Å²) in [4.78, 5) is 21.2. The number of hydrogen-bond acceptors (Lipinski definition) is 5. The van der Waals surface area contributed by atoms with Crippen molar-refractivity contribution in [3.05, 3.63) is 30.0 Å². The molecule has 1 atom stereocenters. The summed E-state index contributed by atoms with van der Waals surface area (Å²) >= 11 is 0. The Bertz CT molecular complexity index is 1030. The summed E-state index contributed by atoms with van der Waals surface area (Å²) in [5.74, 6) is 0.698. The number of alkyl halides is 1. The minimum atomic E-state index is -1.29. The molecular weight excluding hydrogens is 457 g/mol. The van der Waals surface area contributed by atoms with E-state index in [2.05, 4.69) is 9.88 Å². The molecule has 1 aliphatic heterocycles. The van der Waals surface area contributed by atoms with Crippen LogP contribution in [0.4, 0.5) is 10.1 Å². The van der Waals surface area contributed by atoms with Crippen LogP contribution >= 0.6 is 0 Å². The Balaban J connectivity index is 1.44. The first-order valence-corrected chi connectivity index (χ1v) is 13.6. The van der Waals surface area contributed by atoms with E-state index in [1.807, 2.05) is 37.2 Å². The maximum Gasteiger partial charge on any atom is 0.309 e. The molecule has 0 unspecified atom stereocenters. The molecule has 2 aromatic rings. The number of nitrogens with zero attached hydrogens (tertiary/aromatic N) is 3. The van der Waals surface area contributed by atoms with Crippen LogP contribution in [0.2, 0.25) is 0 Å². The molecule has 7 heteroatoms. The number of benzene rings is 1. The average molecular weight is 500 g/mol. The molecule has 36 heavy (non-hydrogen) atoms. The molecule has 1 aromatic carbocycles. The first-order chi connectivity index (χ1) is 17.3. The number of carbonyl (C=O) groups is 1. The Morgan fingerprint density at radius 3 is 2.61 bits per heavy atom. The normalized spacial score (nSPS) is 19.8. The number of carboxylic acids is 1. The molecule has 1 saturated heterocycles. The fraction of sp³-hybridized carbons (Fsp3) is 0.655. The van der Waals surface area contributed by atoms with Crippen molar-refractivity contribution < 1.29 is 19.0 Å². The number of fused-ring (bicyclic) bond motifs is 1. The predicted octanol–water partition coefficient (Wildman–Crippen LogP) is 6.24. The molecule has 6 nitrogen and oxygen atoms in total. The van der Waals surface area contributed by atoms with E-state index in [9.17, 15) is 9.90 Å². The molecule has 1 saturated carbocycles. The van der Waals surface area contributed by atoms with Crippen LogP contribution in [0.25, 0.3) is 10.9 Å². The van der Waals surface area contributed by atoms with Gasteiger partial charge in [0.2, 0.25) is 0 Å². The standard InChI is InChI=1S/C29H42FN3O3/c1-32(2)26-20-31-25-10-9-22(36-3)19-23(25)27(26)24(30)11-13-29(28(34)35)14-17-33(18-15-29)16-12-21-7-5-4-6-8-21/h9-10,19-21,24H,4-8,11-18H2,1-3H3,(H,34,35)/t24-/m1/s1. The lowest BCUT2D eigenvalue weighted by molar-refractivity contribution is -0.153. The molecule has 2 heterocycles. The lowest BCUT2D eigenvalue weighted by Crippen LogP contribution is -2.45. The Morgan fingerprint density at radius 2 is 1.97 bits per heavy atom. The number of halogens is 1. The maximum absolute atomic E-state index is 16.0. The highest BCUT2D eigenvalue weighted by atomic mass is 19.1. The van der Waals surface area contributed by atoms with Gasteiger partial charge in [0.25, 0.3) is 0 Å². The van der Waals surface area contributed by atoms with Gasteiger partial charge < -0.3 is 19.6 Å². The summed E-state index contributed by atoms with van der Waals surface area (Å²) in [7, 11) is 5.34. The van der Waals surface area contributed by atoms with Crippen LogP contribution in [-0.4, -0.2) is 61.8 Å². The van der Waals surface area contributed by atoms with E-state index in [1.54, 1.807) is 13.3 Å². The number of piperidine rings is 1. The lowest BCUT2D eigenvalue weighted by Gasteiger charge is -2.40. The fourth-order valence-corrected chi connectivity index (χ4v) is 6.16. The Morgan fingerprint density at radius 1 is 1.25 bits per heavy atom. The van der Waals surface area contributed by atoms with Crippen molar-refractivity contribution in [2.45, 2.75) is 70.4 Å². The van der Waals surface area contributed by atoms with Crippen LogP contribution < -0.4 is 9.64 Å². The van der Waals surface area contributed by atoms with Gasteiger partial charge in [-0.25, -0.2) is 4.39 Å². The molecule has 0 amide bonds. The van der Waals surface area contributed by atoms with Crippen LogP contribution in [0.15, 0.2) is 24.4 Å². The number of methoxy groups -OCH3 is 1. The van der Waals surface area contributed by atoms with Gasteiger partial charge in [-0.1, -0.05) is 32.1 Å². The summed E-state index contributed by atoms with van der Waals surface area (Å²) in [5.41, 5.74) is 1.13. The number of likely N-dealkylation sites (tertiary alicyclic amines) is 1. The number of carboxylic acid groups (broad SMARTS) is 1. The second kappa shape index (κ2) is 11.8. The third kappa shape index (κ3) is 5.93. The number of aromatic nitrogens is 1. The van der Waals surface area contributed by atoms with E-state index in [0.717, 1.165) is 30.9 Å². The van der Waals surface area contributed by atoms with Crippen LogP contribution in [0.5, 0.6) is 5.75 Å². The van der Waals surface area contributed by atoms with Gasteiger partial charge >= 0.3 is 5.97 Å². The number of ether oxygens (including phenoxy) is 1. The molecular formula is C29H42FN3O3. The molecule has 1 N–H and O–H groups in total. The van der Waals surface area contributed by atoms with Gasteiger partial charge in [-0.15, -0.1) is 0 Å². The second-order valence-corrected chi connectivity index (χ2v) is 11.1. The molecule has 4 rings (SSSR count). The SMILES string of the molecule is COc1ccc2ncc(N(C)C)c([C@H](F)CCC3(C(=O)O)CCN(CCC4CCCCC4)CC3)c2c1. The van der Waals surface area contributed by atoms with E-state index in [1.165, 1.54) is 38.5 Å². The largest absolute Gasteiger partial charge is 0.497 e. The van der Waals surface area contributed by atoms with Crippen LogP contribution in [0.3, 0.4) is 0 Å². The monoisotopic (exact) mass is 499 g/mol. The van der Waals surface area contributed by atoms with Gasteiger partial charge in [0.1, 0.15) is 11.9 Å². The van der Waals surface area contributed by atoms with Crippen molar-refractivity contribution in [2.75, 3.05) is 45.7 Å². The minimum Gasteiger partial charge on any atom is -0.497 e. The van der Waals surface area contributed by atoms with Crippen LogP contribution in [0, 0.1) is 11.3 Å². The van der Waals surface area contributed by atoms with Gasteiger partial charge in [0.15, 0.2) is 0 Å². The smallest absolute Gasteiger partial charge is 0.309 e. The number of pyridine rings is 1. The van der Waals surface area contributed by atoms with Crippen LogP contribution in [0.1, 0.15) is 75.9 Å². The molecule has 0 bridgehead atoms. The molecule has 1 aromatic heterocycles. The first-order valence-electron chi connectivity index (χ1n) is 13.6. The Hall–Kier alpha value is -2.41. The molecule has 0 radical (unpaired) electrons. The number of hydrogen-bond donors (Lipinski definition) is 1. The first kappa shape index (κ1) is 26.6.